The van der Waals surface area contributed by atoms with Crippen LogP contribution >= 0.6 is 0 Å². The van der Waals surface area contributed by atoms with E-state index in [1.54, 1.807) is 0 Å². The first-order valence-electron chi connectivity index (χ1n) is 14.6. The Morgan fingerprint density at radius 2 is 0.594 bits per heavy atom. The molecule has 0 nitrogen and oxygen atoms in total. The van der Waals surface area contributed by atoms with Gasteiger partial charge in [-0.2, -0.15) is 0 Å². The van der Waals surface area contributed by atoms with Gasteiger partial charge in [0.25, 0.3) is 0 Å². The van der Waals surface area contributed by atoms with E-state index in [0.29, 0.717) is 0 Å². The molecule has 0 aliphatic carbocycles. The van der Waals surface area contributed by atoms with Crippen LogP contribution in [0, 0.1) is 19.7 Å². The summed E-state index contributed by atoms with van der Waals surface area (Å²) < 4.78 is 17.1. The predicted octanol–water partition coefficient (Wildman–Crippen LogP) is 10.5. The van der Waals surface area contributed by atoms with Crippen LogP contribution in [0.5, 0.6) is 0 Å². The van der Waals surface area contributed by atoms with E-state index < -0.39 is 36.8 Å². The van der Waals surface area contributed by atoms with Gasteiger partial charge in [-0.25, -0.2) is 0 Å². The Labute approximate surface area is 213 Å². The van der Waals surface area contributed by atoms with Gasteiger partial charge in [0.15, 0.2) is 0 Å². The van der Waals surface area contributed by atoms with Crippen molar-refractivity contribution in [3.05, 3.63) is 0 Å². The monoisotopic (exact) mass is 658 g/mol. The maximum atomic E-state index is 4.05. The van der Waals surface area contributed by atoms with Crippen LogP contribution < -0.4 is 0 Å². The number of hydrogen-bond donors (Lipinski definition) is 0. The van der Waals surface area contributed by atoms with Crippen molar-refractivity contribution < 1.29 is 0 Å². The molecule has 0 aromatic carbocycles. The average molecular weight is 656 g/mol. The molecule has 0 bridgehead atoms. The van der Waals surface area contributed by atoms with Gasteiger partial charge in [-0.3, -0.25) is 0 Å². The summed E-state index contributed by atoms with van der Waals surface area (Å²) in [5.74, 6) is 7.47. The Morgan fingerprint density at radius 1 is 0.375 bits per heavy atom. The third-order valence-electron chi connectivity index (χ3n) is 7.14. The number of rotatable bonds is 19. The van der Waals surface area contributed by atoms with Crippen LogP contribution in [0.3, 0.4) is 0 Å². The van der Waals surface area contributed by atoms with Gasteiger partial charge >= 0.3 is 215 Å². The molecule has 0 radical (unpaired) electrons. The van der Waals surface area contributed by atoms with Gasteiger partial charge in [-0.05, 0) is 0 Å². The fourth-order valence-corrected chi connectivity index (χ4v) is 31.8. The molecule has 0 aromatic heterocycles. The van der Waals surface area contributed by atoms with Crippen molar-refractivity contribution in [2.45, 2.75) is 158 Å². The predicted molar refractivity (Wildman–Crippen MR) is 155 cm³/mol. The van der Waals surface area contributed by atoms with Crippen LogP contribution in [-0.4, -0.2) is 36.8 Å². The van der Waals surface area contributed by atoms with Gasteiger partial charge in [0.2, 0.25) is 0 Å². The van der Waals surface area contributed by atoms with Crippen molar-refractivity contribution in [1.82, 2.24) is 0 Å². The summed E-state index contributed by atoms with van der Waals surface area (Å²) in [4.78, 5) is 0. The van der Waals surface area contributed by atoms with Crippen LogP contribution in [0.1, 0.15) is 131 Å². The first-order valence-corrected chi connectivity index (χ1v) is 29.5. The summed E-state index contributed by atoms with van der Waals surface area (Å²) in [6.45, 7) is 14.1. The second kappa shape index (κ2) is 22.2. The Kier molecular flexibility index (Phi) is 22.7. The standard InChI is InChI=1S/C6H4.6C4H9.2Sn/c1-3-5-6-4-2;6*1-3-4-2;;/h5-6H2;6*1,3-4H2,2H3;;. The molecule has 0 N–H and O–H groups in total. The normalized spacial score (nSPS) is 11.6. The average Bonchev–Trinajstić information content (AvgIpc) is 2.82. The molecule has 0 spiro atoms. The fraction of sp³-hybridized carbons (Fsp3) is 0.867. The minimum atomic E-state index is -2.27. The van der Waals surface area contributed by atoms with Gasteiger partial charge in [0, 0.05) is 0 Å². The molecule has 0 unspecified atom stereocenters. The Bertz CT molecular complexity index is 449. The molecule has 0 aliphatic heterocycles. The number of hydrogen-bond acceptors (Lipinski definition) is 0. The number of unbranched alkanes of at least 4 members (excludes halogenated alkanes) is 7. The molecule has 186 valence electrons. The van der Waals surface area contributed by atoms with Crippen molar-refractivity contribution in [1.29, 1.82) is 0 Å². The van der Waals surface area contributed by atoms with E-state index in [-0.39, 0.29) is 0 Å². The van der Waals surface area contributed by atoms with E-state index in [4.69, 9.17) is 0 Å². The van der Waals surface area contributed by atoms with Crippen LogP contribution in [0.15, 0.2) is 0 Å². The zero-order chi connectivity index (χ0) is 24.0. The van der Waals surface area contributed by atoms with Gasteiger partial charge in [0.1, 0.15) is 0 Å². The summed E-state index contributed by atoms with van der Waals surface area (Å²) in [5, 5.41) is 0. The van der Waals surface area contributed by atoms with Gasteiger partial charge in [-0.1, -0.05) is 0 Å². The fourth-order valence-electron chi connectivity index (χ4n) is 4.84. The van der Waals surface area contributed by atoms with Crippen LogP contribution in [0.25, 0.3) is 0 Å². The van der Waals surface area contributed by atoms with E-state index in [1.165, 1.54) is 104 Å². The van der Waals surface area contributed by atoms with Crippen molar-refractivity contribution in [3.63, 3.8) is 0 Å². The molecule has 0 rings (SSSR count). The first-order chi connectivity index (χ1) is 15.6. The van der Waals surface area contributed by atoms with Gasteiger partial charge < -0.3 is 0 Å². The molecule has 0 atom stereocenters. The maximum absolute atomic E-state index is 4.05. The van der Waals surface area contributed by atoms with Crippen molar-refractivity contribution in [2.24, 2.45) is 0 Å². The van der Waals surface area contributed by atoms with Gasteiger partial charge in [0.05, 0.1) is 0 Å². The van der Waals surface area contributed by atoms with E-state index in [2.05, 4.69) is 61.3 Å². The summed E-state index contributed by atoms with van der Waals surface area (Å²) in [6, 6.07) is 0. The first kappa shape index (κ1) is 32.7. The molecular weight excluding hydrogens is 598 g/mol. The van der Waals surface area contributed by atoms with Crippen LogP contribution in [-0.2, 0) is 0 Å². The molecular formula is C30H58Sn2. The zero-order valence-corrected chi connectivity index (χ0v) is 28.9. The topological polar surface area (TPSA) is 0 Å². The molecule has 0 saturated heterocycles. The Morgan fingerprint density at radius 3 is 0.781 bits per heavy atom. The van der Waals surface area contributed by atoms with Crippen LogP contribution in [0.4, 0.5) is 0 Å². The van der Waals surface area contributed by atoms with Crippen molar-refractivity contribution in [3.8, 4) is 19.7 Å². The molecule has 0 aromatic rings. The summed E-state index contributed by atoms with van der Waals surface area (Å²) in [7, 11) is 0. The van der Waals surface area contributed by atoms with E-state index in [0.717, 1.165) is 12.8 Å². The van der Waals surface area contributed by atoms with E-state index in [1.807, 2.05) is 0 Å². The molecule has 32 heavy (non-hydrogen) atoms. The van der Waals surface area contributed by atoms with Gasteiger partial charge in [-0.15, -0.1) is 0 Å². The molecule has 0 heterocycles. The third-order valence-corrected chi connectivity index (χ3v) is 33.6. The molecule has 2 heteroatoms. The molecule has 0 amide bonds. The zero-order valence-electron chi connectivity index (χ0n) is 23.1. The summed E-state index contributed by atoms with van der Waals surface area (Å²) in [6.07, 6.45) is 18.6. The van der Waals surface area contributed by atoms with Crippen molar-refractivity contribution in [2.75, 3.05) is 0 Å². The Balaban J connectivity index is 5.28. The van der Waals surface area contributed by atoms with Crippen LogP contribution in [0.2, 0.25) is 26.6 Å². The molecule has 0 aliphatic rings. The summed E-state index contributed by atoms with van der Waals surface area (Å²) in [5.41, 5.74) is 0. The molecule has 0 saturated carbocycles. The van der Waals surface area contributed by atoms with Crippen molar-refractivity contribution >= 4 is 36.8 Å². The SMILES string of the molecule is CCC[CH2][Sn]([C]#CCCC#[C][Sn]([CH2]CCC)([CH2]CCC)[CH2]CCC)([CH2]CCC)[CH2]CCC. The third kappa shape index (κ3) is 15.6. The Hall–Kier alpha value is 0.717. The summed E-state index contributed by atoms with van der Waals surface area (Å²) >= 11 is -4.53. The second-order valence-corrected chi connectivity index (χ2v) is 34.9. The molecule has 0 fully saturated rings. The quantitative estimate of drug-likeness (QED) is 0.0738. The van der Waals surface area contributed by atoms with E-state index in [9.17, 15) is 0 Å². The van der Waals surface area contributed by atoms with E-state index >= 15 is 0 Å². The minimum absolute atomic E-state index is 1.04. The second-order valence-electron chi connectivity index (χ2n) is 10.3.